The number of aryl methyl sites for hydroxylation is 1. The minimum Gasteiger partial charge on any atom is -0.496 e. The van der Waals surface area contributed by atoms with Crippen molar-refractivity contribution in [3.05, 3.63) is 35.5 Å². The highest BCUT2D eigenvalue weighted by molar-refractivity contribution is 7.80. The molecule has 0 unspecified atom stereocenters. The quantitative estimate of drug-likeness (QED) is 0.806. The summed E-state index contributed by atoms with van der Waals surface area (Å²) >= 11 is 4.95. The van der Waals surface area contributed by atoms with Crippen LogP contribution in [0.2, 0.25) is 0 Å². The average molecular weight is 232 g/mol. The van der Waals surface area contributed by atoms with Crippen LogP contribution >= 0.6 is 12.2 Å². The average Bonchev–Trinajstić information content (AvgIpc) is 2.27. The number of methoxy groups -OCH3 is 1. The second-order valence-electron chi connectivity index (χ2n) is 3.56. The molecule has 2 aromatic rings. The maximum Gasteiger partial charge on any atom is 0.130 e. The maximum atomic E-state index is 5.60. The van der Waals surface area contributed by atoms with Crippen molar-refractivity contribution in [2.24, 2.45) is 5.73 Å². The lowest BCUT2D eigenvalue weighted by Crippen LogP contribution is -2.09. The van der Waals surface area contributed by atoms with Crippen molar-refractivity contribution in [3.8, 4) is 5.75 Å². The number of hydrogen-bond acceptors (Lipinski definition) is 3. The fourth-order valence-electron chi connectivity index (χ4n) is 1.64. The first kappa shape index (κ1) is 10.8. The van der Waals surface area contributed by atoms with Crippen molar-refractivity contribution in [2.75, 3.05) is 7.11 Å². The summed E-state index contributed by atoms with van der Waals surface area (Å²) in [6.45, 7) is 1.93. The molecule has 0 fully saturated rings. The van der Waals surface area contributed by atoms with Crippen LogP contribution in [0.25, 0.3) is 10.9 Å². The maximum absolute atomic E-state index is 5.60. The third-order valence-electron chi connectivity index (χ3n) is 2.40. The van der Waals surface area contributed by atoms with E-state index in [-0.39, 0.29) is 0 Å². The Labute approximate surface area is 99.2 Å². The lowest BCUT2D eigenvalue weighted by atomic mass is 10.1. The number of pyridine rings is 1. The first-order chi connectivity index (χ1) is 7.61. The highest BCUT2D eigenvalue weighted by Gasteiger charge is 2.06. The van der Waals surface area contributed by atoms with Gasteiger partial charge in [0.2, 0.25) is 0 Å². The third kappa shape index (κ3) is 1.84. The smallest absolute Gasteiger partial charge is 0.130 e. The monoisotopic (exact) mass is 232 g/mol. The molecule has 0 aliphatic rings. The zero-order valence-electron chi connectivity index (χ0n) is 9.15. The molecule has 0 amide bonds. The molecule has 1 heterocycles. The molecule has 0 aliphatic carbocycles. The zero-order valence-corrected chi connectivity index (χ0v) is 9.97. The summed E-state index contributed by atoms with van der Waals surface area (Å²) in [5, 5.41) is 0.929. The largest absolute Gasteiger partial charge is 0.496 e. The predicted molar refractivity (Wildman–Crippen MR) is 68.9 cm³/mol. The van der Waals surface area contributed by atoms with Crippen LogP contribution in [-0.4, -0.2) is 17.1 Å². The molecule has 1 aromatic heterocycles. The van der Waals surface area contributed by atoms with E-state index in [2.05, 4.69) is 4.98 Å². The van der Waals surface area contributed by atoms with Crippen molar-refractivity contribution in [3.63, 3.8) is 0 Å². The number of hydrogen-bond donors (Lipinski definition) is 1. The van der Waals surface area contributed by atoms with Gasteiger partial charge in [-0.15, -0.1) is 0 Å². The van der Waals surface area contributed by atoms with E-state index >= 15 is 0 Å². The van der Waals surface area contributed by atoms with Gasteiger partial charge in [-0.1, -0.05) is 12.2 Å². The van der Waals surface area contributed by atoms with E-state index in [4.69, 9.17) is 22.7 Å². The van der Waals surface area contributed by atoms with Gasteiger partial charge >= 0.3 is 0 Å². The molecular weight excluding hydrogens is 220 g/mol. The summed E-state index contributed by atoms with van der Waals surface area (Å²) in [6.07, 6.45) is 0. The number of aromatic nitrogens is 1. The summed E-state index contributed by atoms with van der Waals surface area (Å²) in [4.78, 5) is 4.80. The van der Waals surface area contributed by atoms with Crippen LogP contribution < -0.4 is 10.5 Å². The number of ether oxygens (including phenoxy) is 1. The molecule has 0 bridgehead atoms. The Morgan fingerprint density at radius 3 is 2.75 bits per heavy atom. The lowest BCUT2D eigenvalue weighted by Gasteiger charge is -2.07. The molecule has 3 nitrogen and oxygen atoms in total. The molecule has 82 valence electrons. The lowest BCUT2D eigenvalue weighted by molar-refractivity contribution is 0.419. The van der Waals surface area contributed by atoms with Crippen LogP contribution in [-0.2, 0) is 0 Å². The number of rotatable bonds is 2. The van der Waals surface area contributed by atoms with E-state index in [1.165, 1.54) is 0 Å². The number of fused-ring (bicyclic) bond motifs is 1. The Balaban J connectivity index is 2.75. The third-order valence-corrected chi connectivity index (χ3v) is 2.64. The van der Waals surface area contributed by atoms with Gasteiger partial charge in [-0.25, -0.2) is 0 Å². The molecule has 4 heteroatoms. The molecule has 2 N–H and O–H groups in total. The van der Waals surface area contributed by atoms with Crippen molar-refractivity contribution in [1.29, 1.82) is 0 Å². The molecule has 16 heavy (non-hydrogen) atoms. The molecular formula is C12H12N2OS. The molecule has 0 spiro atoms. The Morgan fingerprint density at radius 1 is 1.38 bits per heavy atom. The summed E-state index contributed by atoms with van der Waals surface area (Å²) in [6, 6.07) is 7.57. The second kappa shape index (κ2) is 4.06. The summed E-state index contributed by atoms with van der Waals surface area (Å²) in [7, 11) is 1.64. The van der Waals surface area contributed by atoms with Gasteiger partial charge in [-0.2, -0.15) is 0 Å². The number of nitrogens with two attached hydrogens (primary N) is 1. The molecule has 0 radical (unpaired) electrons. The standard InChI is InChI=1S/C12H12N2OS/c1-7-5-11(15-2)9-6-8(12(13)16)3-4-10(9)14-7/h3-6H,1-2H3,(H2,13,16). The van der Waals surface area contributed by atoms with Gasteiger partial charge in [0.1, 0.15) is 10.7 Å². The van der Waals surface area contributed by atoms with Gasteiger partial charge < -0.3 is 10.5 Å². The fourth-order valence-corrected chi connectivity index (χ4v) is 1.77. The molecule has 0 saturated carbocycles. The minimum atomic E-state index is 0.379. The summed E-state index contributed by atoms with van der Waals surface area (Å²) < 4.78 is 5.32. The van der Waals surface area contributed by atoms with Crippen molar-refractivity contribution in [1.82, 2.24) is 4.98 Å². The van der Waals surface area contributed by atoms with E-state index in [9.17, 15) is 0 Å². The van der Waals surface area contributed by atoms with Gasteiger partial charge in [0.15, 0.2) is 0 Å². The molecule has 0 aliphatic heterocycles. The van der Waals surface area contributed by atoms with Crippen LogP contribution in [0.1, 0.15) is 11.3 Å². The van der Waals surface area contributed by atoms with E-state index < -0.39 is 0 Å². The first-order valence-corrected chi connectivity index (χ1v) is 5.28. The molecule has 1 aromatic carbocycles. The van der Waals surface area contributed by atoms with Gasteiger partial charge in [-0.05, 0) is 25.1 Å². The van der Waals surface area contributed by atoms with E-state index in [0.717, 1.165) is 27.9 Å². The van der Waals surface area contributed by atoms with Gasteiger partial charge in [-0.3, -0.25) is 4.98 Å². The van der Waals surface area contributed by atoms with Crippen LogP contribution in [0.5, 0.6) is 5.75 Å². The van der Waals surface area contributed by atoms with Crippen LogP contribution in [0.4, 0.5) is 0 Å². The fraction of sp³-hybridized carbons (Fsp3) is 0.167. The Bertz CT molecular complexity index is 566. The highest BCUT2D eigenvalue weighted by Crippen LogP contribution is 2.26. The molecule has 2 rings (SSSR count). The topological polar surface area (TPSA) is 48.1 Å². The Kier molecular flexibility index (Phi) is 2.75. The van der Waals surface area contributed by atoms with E-state index in [0.29, 0.717) is 4.99 Å². The molecule has 0 atom stereocenters. The van der Waals surface area contributed by atoms with E-state index in [1.54, 1.807) is 7.11 Å². The Hall–Kier alpha value is -1.68. The SMILES string of the molecule is COc1cc(C)nc2ccc(C(N)=S)cc12. The predicted octanol–water partition coefficient (Wildman–Crippen LogP) is 2.19. The van der Waals surface area contributed by atoms with Gasteiger partial charge in [0.05, 0.1) is 12.6 Å². The number of benzene rings is 1. The minimum absolute atomic E-state index is 0.379. The van der Waals surface area contributed by atoms with Crippen molar-refractivity contribution >= 4 is 28.1 Å². The van der Waals surface area contributed by atoms with Crippen LogP contribution in [0.15, 0.2) is 24.3 Å². The second-order valence-corrected chi connectivity index (χ2v) is 4.00. The van der Waals surface area contributed by atoms with Crippen molar-refractivity contribution in [2.45, 2.75) is 6.92 Å². The van der Waals surface area contributed by atoms with Crippen LogP contribution in [0.3, 0.4) is 0 Å². The summed E-state index contributed by atoms with van der Waals surface area (Å²) in [5.74, 6) is 0.792. The number of nitrogens with zero attached hydrogens (tertiary/aromatic N) is 1. The summed E-state index contributed by atoms with van der Waals surface area (Å²) in [5.41, 5.74) is 8.23. The van der Waals surface area contributed by atoms with Gasteiger partial charge in [0.25, 0.3) is 0 Å². The van der Waals surface area contributed by atoms with Crippen LogP contribution in [0, 0.1) is 6.92 Å². The zero-order chi connectivity index (χ0) is 11.7. The molecule has 0 saturated heterocycles. The Morgan fingerprint density at radius 2 is 2.12 bits per heavy atom. The van der Waals surface area contributed by atoms with Gasteiger partial charge in [0, 0.05) is 22.7 Å². The van der Waals surface area contributed by atoms with Crippen molar-refractivity contribution < 1.29 is 4.74 Å². The highest BCUT2D eigenvalue weighted by atomic mass is 32.1. The first-order valence-electron chi connectivity index (χ1n) is 4.87. The normalized spacial score (nSPS) is 10.4. The number of thiocarbonyl (C=S) groups is 1. The van der Waals surface area contributed by atoms with E-state index in [1.807, 2.05) is 31.2 Å².